The third-order valence-corrected chi connectivity index (χ3v) is 3.31. The Labute approximate surface area is 128 Å². The molecule has 0 unspecified atom stereocenters. The molecule has 1 aromatic heterocycles. The van der Waals surface area contributed by atoms with Crippen molar-refractivity contribution in [3.05, 3.63) is 59.5 Å². The molecule has 0 aliphatic heterocycles. The van der Waals surface area contributed by atoms with Gasteiger partial charge in [-0.2, -0.15) is 0 Å². The first-order chi connectivity index (χ1) is 10.1. The average Bonchev–Trinajstić information content (AvgIpc) is 2.86. The van der Waals surface area contributed by atoms with E-state index in [2.05, 4.69) is 61.4 Å². The zero-order valence-electron chi connectivity index (χ0n) is 13.3. The molecule has 0 spiro atoms. The van der Waals surface area contributed by atoms with Crippen molar-refractivity contribution in [2.75, 3.05) is 13.6 Å². The van der Waals surface area contributed by atoms with Gasteiger partial charge >= 0.3 is 0 Å². The lowest BCUT2D eigenvalue weighted by Gasteiger charge is -2.14. The second-order valence-corrected chi connectivity index (χ2v) is 6.10. The highest BCUT2D eigenvalue weighted by Crippen LogP contribution is 2.12. The van der Waals surface area contributed by atoms with Crippen LogP contribution in [0.25, 0.3) is 0 Å². The fourth-order valence-electron chi connectivity index (χ4n) is 2.32. The molecule has 1 aromatic carbocycles. The van der Waals surface area contributed by atoms with Crippen LogP contribution in [-0.2, 0) is 19.6 Å². The number of hydrogen-bond acceptors (Lipinski definition) is 3. The molecule has 0 radical (unpaired) electrons. The summed E-state index contributed by atoms with van der Waals surface area (Å²) >= 11 is 0. The Morgan fingerprint density at radius 2 is 1.86 bits per heavy atom. The summed E-state index contributed by atoms with van der Waals surface area (Å²) in [7, 11) is 2.12. The van der Waals surface area contributed by atoms with E-state index in [4.69, 9.17) is 4.42 Å². The van der Waals surface area contributed by atoms with Crippen LogP contribution in [0.15, 0.2) is 47.1 Å². The van der Waals surface area contributed by atoms with Crippen molar-refractivity contribution in [1.82, 2.24) is 10.2 Å². The van der Waals surface area contributed by atoms with E-state index in [1.165, 1.54) is 11.1 Å². The summed E-state index contributed by atoms with van der Waals surface area (Å²) in [4.78, 5) is 2.26. The van der Waals surface area contributed by atoms with Gasteiger partial charge in [0, 0.05) is 18.7 Å². The molecule has 2 rings (SSSR count). The van der Waals surface area contributed by atoms with Gasteiger partial charge in [-0.3, -0.25) is 4.90 Å². The molecule has 0 fully saturated rings. The molecule has 21 heavy (non-hydrogen) atoms. The van der Waals surface area contributed by atoms with Crippen molar-refractivity contribution in [3.63, 3.8) is 0 Å². The van der Waals surface area contributed by atoms with Crippen LogP contribution in [0.2, 0.25) is 0 Å². The van der Waals surface area contributed by atoms with Crippen LogP contribution in [0.3, 0.4) is 0 Å². The molecule has 0 saturated carbocycles. The summed E-state index contributed by atoms with van der Waals surface area (Å²) in [5.74, 6) is 1.70. The second-order valence-electron chi connectivity index (χ2n) is 6.10. The molecule has 1 N–H and O–H groups in total. The number of rotatable bonds is 8. The minimum absolute atomic E-state index is 0.674. The van der Waals surface area contributed by atoms with E-state index in [9.17, 15) is 0 Å². The van der Waals surface area contributed by atoms with E-state index in [0.717, 1.165) is 31.9 Å². The van der Waals surface area contributed by atoms with Crippen molar-refractivity contribution >= 4 is 0 Å². The molecular weight excluding hydrogens is 260 g/mol. The summed E-state index contributed by atoms with van der Waals surface area (Å²) in [6, 6.07) is 12.7. The van der Waals surface area contributed by atoms with E-state index in [0.29, 0.717) is 5.92 Å². The number of hydrogen-bond donors (Lipinski definition) is 1. The highest BCUT2D eigenvalue weighted by Gasteiger charge is 2.06. The fraction of sp³-hybridized carbons (Fsp3) is 0.444. The van der Waals surface area contributed by atoms with Gasteiger partial charge in [-0.05, 0) is 31.1 Å². The maximum atomic E-state index is 5.65. The molecule has 0 saturated heterocycles. The highest BCUT2D eigenvalue weighted by molar-refractivity contribution is 5.15. The Bertz CT molecular complexity index is 519. The standard InChI is InChI=1S/C18H26N2O/c1-15(2)10-19-11-17-9-18(21-14-17)13-20(3)12-16-7-5-4-6-8-16/h4-9,14-15,19H,10-13H2,1-3H3. The first-order valence-corrected chi connectivity index (χ1v) is 7.63. The number of benzene rings is 1. The largest absolute Gasteiger partial charge is 0.468 e. The van der Waals surface area contributed by atoms with Crippen molar-refractivity contribution in [2.45, 2.75) is 33.5 Å². The average molecular weight is 286 g/mol. The third kappa shape index (κ3) is 5.74. The van der Waals surface area contributed by atoms with Gasteiger partial charge in [0.2, 0.25) is 0 Å². The Morgan fingerprint density at radius 1 is 1.10 bits per heavy atom. The third-order valence-electron chi connectivity index (χ3n) is 3.31. The first-order valence-electron chi connectivity index (χ1n) is 7.63. The lowest BCUT2D eigenvalue weighted by molar-refractivity contribution is 0.288. The van der Waals surface area contributed by atoms with Crippen LogP contribution < -0.4 is 5.32 Å². The first kappa shape index (κ1) is 15.8. The minimum Gasteiger partial charge on any atom is -0.468 e. The van der Waals surface area contributed by atoms with Crippen LogP contribution in [-0.4, -0.2) is 18.5 Å². The van der Waals surface area contributed by atoms with E-state index < -0.39 is 0 Å². The molecular formula is C18H26N2O. The van der Waals surface area contributed by atoms with Gasteiger partial charge in [0.15, 0.2) is 0 Å². The molecule has 0 amide bonds. The van der Waals surface area contributed by atoms with E-state index in [1.54, 1.807) is 0 Å². The SMILES string of the molecule is CC(C)CNCc1coc(CN(C)Cc2ccccc2)c1. The van der Waals surface area contributed by atoms with Gasteiger partial charge in [0.1, 0.15) is 5.76 Å². The summed E-state index contributed by atoms with van der Waals surface area (Å²) < 4.78 is 5.65. The summed E-state index contributed by atoms with van der Waals surface area (Å²) in [6.07, 6.45) is 1.86. The molecule has 1 heterocycles. The van der Waals surface area contributed by atoms with Crippen molar-refractivity contribution in [2.24, 2.45) is 5.92 Å². The predicted octanol–water partition coefficient (Wildman–Crippen LogP) is 3.66. The lowest BCUT2D eigenvalue weighted by atomic mass is 10.2. The quantitative estimate of drug-likeness (QED) is 0.803. The van der Waals surface area contributed by atoms with Crippen molar-refractivity contribution < 1.29 is 4.42 Å². The Morgan fingerprint density at radius 3 is 2.57 bits per heavy atom. The summed E-state index contributed by atoms with van der Waals surface area (Å²) in [6.45, 7) is 8.11. The molecule has 0 aliphatic carbocycles. The maximum Gasteiger partial charge on any atom is 0.118 e. The Balaban J connectivity index is 1.79. The monoisotopic (exact) mass is 286 g/mol. The van der Waals surface area contributed by atoms with Gasteiger partial charge in [0.25, 0.3) is 0 Å². The van der Waals surface area contributed by atoms with E-state index in [1.807, 2.05) is 12.3 Å². The summed E-state index contributed by atoms with van der Waals surface area (Å²) in [5.41, 5.74) is 2.55. The van der Waals surface area contributed by atoms with Gasteiger partial charge in [-0.15, -0.1) is 0 Å². The van der Waals surface area contributed by atoms with Gasteiger partial charge in [-0.25, -0.2) is 0 Å². The van der Waals surface area contributed by atoms with E-state index in [-0.39, 0.29) is 0 Å². The van der Waals surface area contributed by atoms with Gasteiger partial charge in [-0.1, -0.05) is 44.2 Å². The molecule has 0 aliphatic rings. The number of nitrogens with zero attached hydrogens (tertiary/aromatic N) is 1. The lowest BCUT2D eigenvalue weighted by Crippen LogP contribution is -2.18. The van der Waals surface area contributed by atoms with E-state index >= 15 is 0 Å². The molecule has 0 bridgehead atoms. The fourth-order valence-corrected chi connectivity index (χ4v) is 2.32. The van der Waals surface area contributed by atoms with Crippen LogP contribution in [0.1, 0.15) is 30.7 Å². The highest BCUT2D eigenvalue weighted by atomic mass is 16.3. The Hall–Kier alpha value is -1.58. The van der Waals surface area contributed by atoms with Crippen LogP contribution >= 0.6 is 0 Å². The number of furan rings is 1. The summed E-state index contributed by atoms with van der Waals surface area (Å²) in [5, 5.41) is 3.43. The zero-order valence-corrected chi connectivity index (χ0v) is 13.3. The maximum absolute atomic E-state index is 5.65. The molecule has 0 atom stereocenters. The number of nitrogens with one attached hydrogen (secondary N) is 1. The molecule has 2 aromatic rings. The minimum atomic E-state index is 0.674. The topological polar surface area (TPSA) is 28.4 Å². The second kappa shape index (κ2) is 8.01. The van der Waals surface area contributed by atoms with Crippen molar-refractivity contribution in [3.8, 4) is 0 Å². The smallest absolute Gasteiger partial charge is 0.118 e. The van der Waals surface area contributed by atoms with Crippen LogP contribution in [0.4, 0.5) is 0 Å². The van der Waals surface area contributed by atoms with Crippen LogP contribution in [0, 0.1) is 5.92 Å². The molecule has 3 heteroatoms. The van der Waals surface area contributed by atoms with Crippen LogP contribution in [0.5, 0.6) is 0 Å². The molecule has 114 valence electrons. The van der Waals surface area contributed by atoms with Gasteiger partial charge < -0.3 is 9.73 Å². The Kier molecular flexibility index (Phi) is 6.03. The predicted molar refractivity (Wildman–Crippen MR) is 86.9 cm³/mol. The zero-order chi connectivity index (χ0) is 15.1. The van der Waals surface area contributed by atoms with Crippen molar-refractivity contribution in [1.29, 1.82) is 0 Å². The normalized spacial score (nSPS) is 11.5. The molecule has 3 nitrogen and oxygen atoms in total. The van der Waals surface area contributed by atoms with Gasteiger partial charge in [0.05, 0.1) is 12.8 Å².